The number of rotatable bonds is 8. The van der Waals surface area contributed by atoms with Gasteiger partial charge in [-0.2, -0.15) is 0 Å². The van der Waals surface area contributed by atoms with Gasteiger partial charge in [0.1, 0.15) is 5.57 Å². The average molecular weight is 530 g/mol. The molecular weight excluding hydrogens is 502 g/mol. The van der Waals surface area contributed by atoms with Crippen LogP contribution in [0.15, 0.2) is 72.3 Å². The van der Waals surface area contributed by atoms with Crippen molar-refractivity contribution < 1.29 is 23.9 Å². The first-order valence-corrected chi connectivity index (χ1v) is 12.4. The summed E-state index contributed by atoms with van der Waals surface area (Å²) in [6, 6.07) is 19.5. The zero-order valence-corrected chi connectivity index (χ0v) is 22.1. The molecule has 1 aliphatic rings. The number of amides is 3. The summed E-state index contributed by atoms with van der Waals surface area (Å²) in [4.78, 5) is 39.6. The van der Waals surface area contributed by atoms with Crippen LogP contribution in [0.5, 0.6) is 11.5 Å². The van der Waals surface area contributed by atoms with Crippen LogP contribution in [0.2, 0.25) is 0 Å². The summed E-state index contributed by atoms with van der Waals surface area (Å²) in [7, 11) is 0. The third-order valence-electron chi connectivity index (χ3n) is 5.93. The Balaban J connectivity index is 1.53. The van der Waals surface area contributed by atoms with Crippen molar-refractivity contribution >= 4 is 52.5 Å². The molecule has 8 nitrogen and oxygen atoms in total. The lowest BCUT2D eigenvalue weighted by molar-refractivity contribution is -0.122. The van der Waals surface area contributed by atoms with Crippen molar-refractivity contribution in [3.8, 4) is 11.5 Å². The second-order valence-electron chi connectivity index (χ2n) is 8.52. The molecule has 1 fully saturated rings. The minimum atomic E-state index is -0.589. The molecule has 4 rings (SSSR count). The van der Waals surface area contributed by atoms with Crippen LogP contribution in [0.4, 0.5) is 11.4 Å². The first-order chi connectivity index (χ1) is 18.3. The van der Waals surface area contributed by atoms with E-state index in [-0.39, 0.29) is 23.2 Å². The summed E-state index contributed by atoms with van der Waals surface area (Å²) < 4.78 is 11.5. The second-order valence-corrected chi connectivity index (χ2v) is 8.90. The van der Waals surface area contributed by atoms with Crippen LogP contribution in [-0.4, -0.2) is 36.0 Å². The maximum absolute atomic E-state index is 13.2. The number of carbonyl (C=O) groups is 3. The minimum Gasteiger partial charge on any atom is -0.490 e. The zero-order chi connectivity index (χ0) is 27.2. The highest BCUT2D eigenvalue weighted by atomic mass is 32.1. The van der Waals surface area contributed by atoms with E-state index in [4.69, 9.17) is 21.7 Å². The lowest BCUT2D eigenvalue weighted by Crippen LogP contribution is -2.54. The highest BCUT2D eigenvalue weighted by Crippen LogP contribution is 2.30. The maximum Gasteiger partial charge on any atom is 0.270 e. The number of thiocarbonyl (C=S) groups is 1. The molecule has 0 aromatic heterocycles. The van der Waals surface area contributed by atoms with Crippen LogP contribution < -0.4 is 25.0 Å². The van der Waals surface area contributed by atoms with Gasteiger partial charge in [-0.15, -0.1) is 0 Å². The molecular formula is C29H27N3O5S. The van der Waals surface area contributed by atoms with Crippen LogP contribution in [0.25, 0.3) is 6.08 Å². The number of aryl methyl sites for hydroxylation is 1. The largest absolute Gasteiger partial charge is 0.490 e. The standard InChI is InChI=1S/C29H27N3O5S/c1-4-36-25-16-20(13-14-24(25)37-17-26(33)30-23-12-8-9-18(2)19(23)3)15-22-27(34)31-29(38)32(28(22)35)21-10-6-5-7-11-21/h5-16H,4,17H2,1-3H3,(H,30,33)(H,31,34,38)/b22-15-. The molecule has 1 saturated heterocycles. The van der Waals surface area contributed by atoms with Gasteiger partial charge in [0.15, 0.2) is 23.2 Å². The summed E-state index contributed by atoms with van der Waals surface area (Å²) >= 11 is 5.23. The van der Waals surface area contributed by atoms with Crippen LogP contribution in [0.1, 0.15) is 23.6 Å². The predicted molar refractivity (Wildman–Crippen MR) is 150 cm³/mol. The van der Waals surface area contributed by atoms with Crippen LogP contribution in [-0.2, 0) is 14.4 Å². The first kappa shape index (κ1) is 26.6. The molecule has 0 bridgehead atoms. The Kier molecular flexibility index (Phi) is 8.18. The van der Waals surface area contributed by atoms with Crippen molar-refractivity contribution in [1.82, 2.24) is 5.32 Å². The predicted octanol–water partition coefficient (Wildman–Crippen LogP) is 4.55. The number of ether oxygens (including phenoxy) is 2. The van der Waals surface area contributed by atoms with Crippen molar-refractivity contribution in [3.63, 3.8) is 0 Å². The Labute approximate surface area is 226 Å². The molecule has 0 aliphatic carbocycles. The van der Waals surface area contributed by atoms with Gasteiger partial charge in [-0.05, 0) is 86.1 Å². The zero-order valence-electron chi connectivity index (χ0n) is 21.2. The molecule has 194 valence electrons. The molecule has 0 unspecified atom stereocenters. The Morgan fingerprint density at radius 1 is 1.00 bits per heavy atom. The van der Waals surface area contributed by atoms with E-state index in [0.717, 1.165) is 16.8 Å². The Bertz CT molecular complexity index is 1440. The van der Waals surface area contributed by atoms with Crippen molar-refractivity contribution in [2.24, 2.45) is 0 Å². The van der Waals surface area contributed by atoms with Crippen LogP contribution >= 0.6 is 12.2 Å². The van der Waals surface area contributed by atoms with Crippen molar-refractivity contribution in [3.05, 3.63) is 89.0 Å². The van der Waals surface area contributed by atoms with Gasteiger partial charge in [-0.1, -0.05) is 36.4 Å². The van der Waals surface area contributed by atoms with E-state index in [9.17, 15) is 14.4 Å². The van der Waals surface area contributed by atoms with Gasteiger partial charge in [-0.25, -0.2) is 0 Å². The van der Waals surface area contributed by atoms with Gasteiger partial charge in [0.05, 0.1) is 12.3 Å². The van der Waals surface area contributed by atoms with E-state index in [1.165, 1.54) is 11.0 Å². The van der Waals surface area contributed by atoms with Crippen molar-refractivity contribution in [2.45, 2.75) is 20.8 Å². The fourth-order valence-electron chi connectivity index (χ4n) is 3.85. The Morgan fingerprint density at radius 3 is 2.50 bits per heavy atom. The molecule has 3 aromatic rings. The monoisotopic (exact) mass is 529 g/mol. The fraction of sp³-hybridized carbons (Fsp3) is 0.172. The van der Waals surface area contributed by atoms with Gasteiger partial charge in [0, 0.05) is 5.69 Å². The Hall–Kier alpha value is -4.50. The quantitative estimate of drug-likeness (QED) is 0.253. The van der Waals surface area contributed by atoms with E-state index >= 15 is 0 Å². The lowest BCUT2D eigenvalue weighted by atomic mass is 10.1. The molecule has 0 atom stereocenters. The number of para-hydroxylation sites is 1. The molecule has 3 aromatic carbocycles. The topological polar surface area (TPSA) is 97.0 Å². The minimum absolute atomic E-state index is 0.0150. The van der Waals surface area contributed by atoms with Gasteiger partial charge < -0.3 is 14.8 Å². The van der Waals surface area contributed by atoms with E-state index < -0.39 is 11.8 Å². The molecule has 0 spiro atoms. The summed E-state index contributed by atoms with van der Waals surface area (Å²) in [6.45, 7) is 5.86. The third kappa shape index (κ3) is 5.90. The smallest absolute Gasteiger partial charge is 0.270 e. The van der Waals surface area contributed by atoms with Crippen molar-refractivity contribution in [1.29, 1.82) is 0 Å². The summed E-state index contributed by atoms with van der Waals surface area (Å²) in [6.07, 6.45) is 1.47. The van der Waals surface area contributed by atoms with Gasteiger partial charge in [0.25, 0.3) is 17.7 Å². The van der Waals surface area contributed by atoms with E-state index in [2.05, 4.69) is 10.6 Å². The van der Waals surface area contributed by atoms with Crippen LogP contribution in [0, 0.1) is 13.8 Å². The third-order valence-corrected chi connectivity index (χ3v) is 6.22. The van der Waals surface area contributed by atoms with Gasteiger partial charge in [0.2, 0.25) is 0 Å². The molecule has 9 heteroatoms. The van der Waals surface area contributed by atoms with Crippen molar-refractivity contribution in [2.75, 3.05) is 23.4 Å². The number of hydrogen-bond acceptors (Lipinski definition) is 6. The lowest BCUT2D eigenvalue weighted by Gasteiger charge is -2.28. The number of nitrogens with one attached hydrogen (secondary N) is 2. The molecule has 1 heterocycles. The molecule has 2 N–H and O–H groups in total. The Morgan fingerprint density at radius 2 is 1.76 bits per heavy atom. The maximum atomic E-state index is 13.2. The van der Waals surface area contributed by atoms with Gasteiger partial charge >= 0.3 is 0 Å². The van der Waals surface area contributed by atoms with E-state index in [0.29, 0.717) is 29.4 Å². The highest BCUT2D eigenvalue weighted by Gasteiger charge is 2.34. The first-order valence-electron chi connectivity index (χ1n) is 12.0. The van der Waals surface area contributed by atoms with Gasteiger partial charge in [-0.3, -0.25) is 24.6 Å². The fourth-order valence-corrected chi connectivity index (χ4v) is 4.13. The number of benzene rings is 3. The average Bonchev–Trinajstić information content (AvgIpc) is 2.89. The SMILES string of the molecule is CCOc1cc(/C=C2/C(=O)NC(=S)N(c3ccccc3)C2=O)ccc1OCC(=O)Nc1cccc(C)c1C. The summed E-state index contributed by atoms with van der Waals surface area (Å²) in [5, 5.41) is 5.44. The summed E-state index contributed by atoms with van der Waals surface area (Å²) in [5.41, 5.74) is 3.80. The number of carbonyl (C=O) groups excluding carboxylic acids is 3. The molecule has 0 saturated carbocycles. The normalized spacial score (nSPS) is 14.3. The second kappa shape index (κ2) is 11.7. The summed E-state index contributed by atoms with van der Waals surface area (Å²) in [5.74, 6) is -0.703. The molecule has 38 heavy (non-hydrogen) atoms. The number of nitrogens with zero attached hydrogens (tertiary/aromatic N) is 1. The van der Waals surface area contributed by atoms with E-state index in [1.54, 1.807) is 42.5 Å². The molecule has 0 radical (unpaired) electrons. The molecule has 1 aliphatic heterocycles. The van der Waals surface area contributed by atoms with Crippen LogP contribution in [0.3, 0.4) is 0 Å². The number of hydrogen-bond donors (Lipinski definition) is 2. The van der Waals surface area contributed by atoms with E-state index in [1.807, 2.05) is 45.0 Å². The highest BCUT2D eigenvalue weighted by molar-refractivity contribution is 7.80. The number of anilines is 2. The molecule has 3 amide bonds.